The quantitative estimate of drug-likeness (QED) is 0.286. The van der Waals surface area contributed by atoms with Crippen molar-refractivity contribution in [2.45, 2.75) is 32.4 Å². The average molecular weight is 550 g/mol. The molecule has 1 aromatic heterocycles. The standard InChI is InChI=1S/C30H32FN3O4S/c1-19-6-5-7-21(14-19)15-27(32)29-13-12-28(38-29)23-16-24(18-26(17-23)34(3)39(4,36)37)30(35)33-20(2)22-8-10-25(31)11-9-22/h5-14,16-18,20,27H,15,32H2,1-4H3,(H,33,35)/t20-,27?/m1/s1. The molecule has 39 heavy (non-hydrogen) atoms. The third-order valence-electron chi connectivity index (χ3n) is 6.57. The Labute approximate surface area is 228 Å². The zero-order chi connectivity index (χ0) is 28.3. The number of aryl methyl sites for hydroxylation is 1. The van der Waals surface area contributed by atoms with E-state index in [0.29, 0.717) is 29.2 Å². The second kappa shape index (κ2) is 11.4. The van der Waals surface area contributed by atoms with E-state index in [9.17, 15) is 17.6 Å². The van der Waals surface area contributed by atoms with E-state index in [1.807, 2.05) is 25.1 Å². The van der Waals surface area contributed by atoms with Gasteiger partial charge in [0.05, 0.1) is 24.0 Å². The van der Waals surface area contributed by atoms with Crippen molar-refractivity contribution < 1.29 is 22.0 Å². The number of nitrogens with zero attached hydrogens (tertiary/aromatic N) is 1. The van der Waals surface area contributed by atoms with Gasteiger partial charge in [0.2, 0.25) is 10.0 Å². The molecule has 0 radical (unpaired) electrons. The monoisotopic (exact) mass is 549 g/mol. The number of amides is 1. The summed E-state index contributed by atoms with van der Waals surface area (Å²) < 4.78 is 45.1. The summed E-state index contributed by atoms with van der Waals surface area (Å²) in [6, 6.07) is 21.5. The van der Waals surface area contributed by atoms with Crippen LogP contribution in [0.1, 0.15) is 51.8 Å². The summed E-state index contributed by atoms with van der Waals surface area (Å²) in [5.41, 5.74) is 10.5. The summed E-state index contributed by atoms with van der Waals surface area (Å²) in [5, 5.41) is 2.89. The Balaban J connectivity index is 1.64. The highest BCUT2D eigenvalue weighted by molar-refractivity contribution is 7.92. The minimum Gasteiger partial charge on any atom is -0.459 e. The van der Waals surface area contributed by atoms with Crippen molar-refractivity contribution in [1.82, 2.24) is 5.32 Å². The number of carbonyl (C=O) groups is 1. The number of carbonyl (C=O) groups excluding carboxylic acids is 1. The van der Waals surface area contributed by atoms with Gasteiger partial charge in [-0.3, -0.25) is 9.10 Å². The maximum atomic E-state index is 13.3. The van der Waals surface area contributed by atoms with Crippen molar-refractivity contribution in [3.63, 3.8) is 0 Å². The molecule has 0 bridgehead atoms. The van der Waals surface area contributed by atoms with Gasteiger partial charge in [0, 0.05) is 18.2 Å². The molecular formula is C30H32FN3O4S. The lowest BCUT2D eigenvalue weighted by molar-refractivity contribution is 0.0940. The SMILES string of the molecule is Cc1cccc(CC(N)c2ccc(-c3cc(C(=O)N[C@H](C)c4ccc(F)cc4)cc(N(C)S(C)(=O)=O)c3)o2)c1. The van der Waals surface area contributed by atoms with Gasteiger partial charge in [-0.2, -0.15) is 0 Å². The number of benzene rings is 3. The van der Waals surface area contributed by atoms with E-state index < -0.39 is 22.0 Å². The second-order valence-electron chi connectivity index (χ2n) is 9.75. The smallest absolute Gasteiger partial charge is 0.251 e. The summed E-state index contributed by atoms with van der Waals surface area (Å²) >= 11 is 0. The molecule has 2 atom stereocenters. The van der Waals surface area contributed by atoms with Gasteiger partial charge in [-0.1, -0.05) is 42.0 Å². The summed E-state index contributed by atoms with van der Waals surface area (Å²) in [5.74, 6) is 0.244. The summed E-state index contributed by atoms with van der Waals surface area (Å²) in [6.07, 6.45) is 1.67. The first kappa shape index (κ1) is 28.1. The van der Waals surface area contributed by atoms with Gasteiger partial charge in [-0.15, -0.1) is 0 Å². The minimum atomic E-state index is -3.60. The van der Waals surface area contributed by atoms with Crippen molar-refractivity contribution in [2.24, 2.45) is 5.73 Å². The zero-order valence-corrected chi connectivity index (χ0v) is 23.1. The molecule has 0 aliphatic rings. The Hall–Kier alpha value is -3.95. The maximum Gasteiger partial charge on any atom is 0.251 e. The molecule has 0 aliphatic heterocycles. The Kier molecular flexibility index (Phi) is 8.22. The number of hydrogen-bond donors (Lipinski definition) is 2. The van der Waals surface area contributed by atoms with Gasteiger partial charge in [0.1, 0.15) is 17.3 Å². The first-order valence-electron chi connectivity index (χ1n) is 12.5. The highest BCUT2D eigenvalue weighted by atomic mass is 32.2. The Morgan fingerprint density at radius 1 is 1.05 bits per heavy atom. The summed E-state index contributed by atoms with van der Waals surface area (Å²) in [7, 11) is -2.18. The van der Waals surface area contributed by atoms with Crippen LogP contribution in [0.3, 0.4) is 0 Å². The minimum absolute atomic E-state index is 0.244. The lowest BCUT2D eigenvalue weighted by Gasteiger charge is -2.20. The van der Waals surface area contributed by atoms with E-state index >= 15 is 0 Å². The van der Waals surface area contributed by atoms with Crippen molar-refractivity contribution in [1.29, 1.82) is 0 Å². The number of nitrogens with two attached hydrogens (primary N) is 1. The van der Waals surface area contributed by atoms with Crippen molar-refractivity contribution >= 4 is 21.6 Å². The predicted molar refractivity (Wildman–Crippen MR) is 151 cm³/mol. The number of rotatable bonds is 9. The van der Waals surface area contributed by atoms with Crippen LogP contribution in [0.2, 0.25) is 0 Å². The molecule has 1 heterocycles. The number of anilines is 1. The summed E-state index contributed by atoms with van der Waals surface area (Å²) in [6.45, 7) is 3.81. The highest BCUT2D eigenvalue weighted by Gasteiger charge is 2.20. The fourth-order valence-electron chi connectivity index (χ4n) is 4.27. The average Bonchev–Trinajstić information content (AvgIpc) is 3.38. The molecule has 1 unspecified atom stereocenters. The molecular weight excluding hydrogens is 517 g/mol. The van der Waals surface area contributed by atoms with Gasteiger partial charge in [-0.05, 0) is 73.9 Å². The molecule has 7 nitrogen and oxygen atoms in total. The zero-order valence-electron chi connectivity index (χ0n) is 22.3. The van der Waals surface area contributed by atoms with E-state index in [0.717, 1.165) is 27.3 Å². The molecule has 4 aromatic rings. The van der Waals surface area contributed by atoms with Crippen LogP contribution in [-0.2, 0) is 16.4 Å². The van der Waals surface area contributed by atoms with Gasteiger partial charge in [-0.25, -0.2) is 12.8 Å². The fraction of sp³-hybridized carbons (Fsp3) is 0.233. The largest absolute Gasteiger partial charge is 0.459 e. The lowest BCUT2D eigenvalue weighted by atomic mass is 10.0. The first-order chi connectivity index (χ1) is 18.4. The second-order valence-corrected chi connectivity index (χ2v) is 11.8. The van der Waals surface area contributed by atoms with E-state index in [2.05, 4.69) is 11.4 Å². The van der Waals surface area contributed by atoms with Crippen LogP contribution in [0.15, 0.2) is 83.3 Å². The van der Waals surface area contributed by atoms with Gasteiger partial charge in [0.15, 0.2) is 0 Å². The van der Waals surface area contributed by atoms with Gasteiger partial charge < -0.3 is 15.5 Å². The Morgan fingerprint density at radius 2 is 1.77 bits per heavy atom. The van der Waals surface area contributed by atoms with Crippen LogP contribution < -0.4 is 15.4 Å². The number of furan rings is 1. The van der Waals surface area contributed by atoms with Crippen molar-refractivity contribution in [2.75, 3.05) is 17.6 Å². The van der Waals surface area contributed by atoms with E-state index in [1.54, 1.807) is 43.3 Å². The topological polar surface area (TPSA) is 106 Å². The highest BCUT2D eigenvalue weighted by Crippen LogP contribution is 2.31. The molecule has 3 N–H and O–H groups in total. The van der Waals surface area contributed by atoms with Crippen LogP contribution in [0.5, 0.6) is 0 Å². The number of sulfonamides is 1. The third kappa shape index (κ3) is 6.93. The van der Waals surface area contributed by atoms with Crippen molar-refractivity contribution in [3.05, 3.63) is 113 Å². The molecule has 204 valence electrons. The van der Waals surface area contributed by atoms with Crippen LogP contribution in [0, 0.1) is 12.7 Å². The molecule has 1 amide bonds. The van der Waals surface area contributed by atoms with Crippen LogP contribution >= 0.6 is 0 Å². The number of hydrogen-bond acceptors (Lipinski definition) is 5. The van der Waals surface area contributed by atoms with Crippen LogP contribution in [-0.4, -0.2) is 27.6 Å². The van der Waals surface area contributed by atoms with E-state index in [4.69, 9.17) is 10.2 Å². The number of nitrogens with one attached hydrogen (secondary N) is 1. The molecule has 0 aliphatic carbocycles. The molecule has 9 heteroatoms. The lowest BCUT2D eigenvalue weighted by Crippen LogP contribution is -2.28. The molecule has 0 saturated heterocycles. The Morgan fingerprint density at radius 3 is 2.44 bits per heavy atom. The van der Waals surface area contributed by atoms with Gasteiger partial charge in [0.25, 0.3) is 5.91 Å². The van der Waals surface area contributed by atoms with Crippen LogP contribution in [0.25, 0.3) is 11.3 Å². The summed E-state index contributed by atoms with van der Waals surface area (Å²) in [4.78, 5) is 13.2. The molecule has 0 saturated carbocycles. The van der Waals surface area contributed by atoms with E-state index in [1.165, 1.54) is 25.2 Å². The van der Waals surface area contributed by atoms with Gasteiger partial charge >= 0.3 is 0 Å². The third-order valence-corrected chi connectivity index (χ3v) is 7.78. The van der Waals surface area contributed by atoms with E-state index in [-0.39, 0.29) is 17.4 Å². The fourth-order valence-corrected chi connectivity index (χ4v) is 4.76. The Bertz CT molecular complexity index is 1580. The first-order valence-corrected chi connectivity index (χ1v) is 14.3. The molecule has 4 rings (SSSR count). The van der Waals surface area contributed by atoms with Crippen molar-refractivity contribution in [3.8, 4) is 11.3 Å². The normalized spacial score (nSPS) is 13.1. The van der Waals surface area contributed by atoms with Crippen LogP contribution in [0.4, 0.5) is 10.1 Å². The molecule has 3 aromatic carbocycles. The molecule has 0 fully saturated rings. The number of halogens is 1. The maximum absolute atomic E-state index is 13.3. The predicted octanol–water partition coefficient (Wildman–Crippen LogP) is 5.52. The molecule has 0 spiro atoms.